The number of halogens is 1. The van der Waals surface area contributed by atoms with Gasteiger partial charge < -0.3 is 14.8 Å². The zero-order chi connectivity index (χ0) is 15.5. The smallest absolute Gasteiger partial charge is 0.293 e. The Balaban J connectivity index is 1.72. The fourth-order valence-corrected chi connectivity index (χ4v) is 2.67. The Kier molecular flexibility index (Phi) is 4.04. The summed E-state index contributed by atoms with van der Waals surface area (Å²) in [6.45, 7) is 3.80. The van der Waals surface area contributed by atoms with Crippen molar-refractivity contribution in [3.63, 3.8) is 0 Å². The molecule has 1 atom stereocenters. The van der Waals surface area contributed by atoms with Gasteiger partial charge in [0.25, 0.3) is 5.56 Å². The summed E-state index contributed by atoms with van der Waals surface area (Å²) in [6.07, 6.45) is 5.66. The standard InChI is InChI=1S/C15H18FN5O/c1-2-20-9-7-17-13(15(20)22)19-11-5-8-21(10-11)14-12(16)4-3-6-18-14/h3-4,6-7,9,11H,2,5,8,10H2,1H3,(H,17,19). The maximum absolute atomic E-state index is 13.8. The third-order valence-electron chi connectivity index (χ3n) is 3.82. The van der Waals surface area contributed by atoms with Crippen molar-refractivity contribution in [1.29, 1.82) is 0 Å². The van der Waals surface area contributed by atoms with E-state index < -0.39 is 0 Å². The zero-order valence-electron chi connectivity index (χ0n) is 12.4. The van der Waals surface area contributed by atoms with Crippen LogP contribution in [0.25, 0.3) is 0 Å². The zero-order valence-corrected chi connectivity index (χ0v) is 12.4. The number of hydrogen-bond acceptors (Lipinski definition) is 5. The van der Waals surface area contributed by atoms with Crippen LogP contribution in [0.4, 0.5) is 16.0 Å². The van der Waals surface area contributed by atoms with Gasteiger partial charge in [0, 0.05) is 44.3 Å². The molecule has 0 aromatic carbocycles. The molecule has 1 fully saturated rings. The second kappa shape index (κ2) is 6.13. The molecule has 7 heteroatoms. The van der Waals surface area contributed by atoms with Gasteiger partial charge in [-0.05, 0) is 25.5 Å². The first-order valence-corrected chi connectivity index (χ1v) is 7.36. The van der Waals surface area contributed by atoms with E-state index in [-0.39, 0.29) is 17.4 Å². The van der Waals surface area contributed by atoms with Crippen molar-refractivity contribution in [3.8, 4) is 0 Å². The normalized spacial score (nSPS) is 17.7. The monoisotopic (exact) mass is 303 g/mol. The molecule has 0 bridgehead atoms. The van der Waals surface area contributed by atoms with E-state index in [1.54, 1.807) is 29.2 Å². The van der Waals surface area contributed by atoms with E-state index in [2.05, 4.69) is 15.3 Å². The van der Waals surface area contributed by atoms with Crippen molar-refractivity contribution in [2.45, 2.75) is 25.9 Å². The van der Waals surface area contributed by atoms with E-state index in [1.165, 1.54) is 6.07 Å². The fourth-order valence-electron chi connectivity index (χ4n) is 2.67. The predicted molar refractivity (Wildman–Crippen MR) is 82.6 cm³/mol. The van der Waals surface area contributed by atoms with Crippen LogP contribution < -0.4 is 15.8 Å². The molecule has 0 saturated carbocycles. The summed E-state index contributed by atoms with van der Waals surface area (Å²) in [5.41, 5.74) is -0.132. The summed E-state index contributed by atoms with van der Waals surface area (Å²) in [6, 6.07) is 3.03. The number of pyridine rings is 1. The number of hydrogen-bond donors (Lipinski definition) is 1. The Bertz CT molecular complexity index is 717. The van der Waals surface area contributed by atoms with E-state index in [0.29, 0.717) is 31.3 Å². The summed E-state index contributed by atoms with van der Waals surface area (Å²) in [7, 11) is 0. The van der Waals surface area contributed by atoms with E-state index >= 15 is 0 Å². The molecule has 0 radical (unpaired) electrons. The highest BCUT2D eigenvalue weighted by Crippen LogP contribution is 2.21. The van der Waals surface area contributed by atoms with E-state index in [4.69, 9.17) is 0 Å². The Labute approximate surface area is 127 Å². The Morgan fingerprint density at radius 1 is 1.41 bits per heavy atom. The summed E-state index contributed by atoms with van der Waals surface area (Å²) in [5, 5.41) is 3.17. The molecule has 1 aliphatic heterocycles. The third kappa shape index (κ3) is 2.79. The molecule has 116 valence electrons. The van der Waals surface area contributed by atoms with E-state index in [0.717, 1.165) is 6.42 Å². The first-order valence-electron chi connectivity index (χ1n) is 7.36. The van der Waals surface area contributed by atoms with Crippen LogP contribution in [0.5, 0.6) is 0 Å². The number of rotatable bonds is 4. The van der Waals surface area contributed by atoms with Crippen molar-refractivity contribution in [1.82, 2.24) is 14.5 Å². The highest BCUT2D eigenvalue weighted by molar-refractivity contribution is 5.43. The molecule has 3 rings (SSSR count). The van der Waals surface area contributed by atoms with E-state index in [1.807, 2.05) is 11.8 Å². The van der Waals surface area contributed by atoms with Crippen LogP contribution in [0.15, 0.2) is 35.5 Å². The number of aromatic nitrogens is 3. The summed E-state index contributed by atoms with van der Waals surface area (Å²) >= 11 is 0. The molecule has 1 saturated heterocycles. The second-order valence-electron chi connectivity index (χ2n) is 5.25. The Hall–Kier alpha value is -2.44. The molecule has 2 aromatic heterocycles. The largest absolute Gasteiger partial charge is 0.361 e. The topological polar surface area (TPSA) is 63.1 Å². The van der Waals surface area contributed by atoms with E-state index in [9.17, 15) is 9.18 Å². The molecule has 1 aliphatic rings. The lowest BCUT2D eigenvalue weighted by atomic mass is 10.2. The lowest BCUT2D eigenvalue weighted by molar-refractivity contribution is 0.615. The van der Waals surface area contributed by atoms with Gasteiger partial charge in [-0.15, -0.1) is 0 Å². The maximum atomic E-state index is 13.8. The van der Waals surface area contributed by atoms with Gasteiger partial charge in [0.15, 0.2) is 17.5 Å². The molecule has 1 unspecified atom stereocenters. The van der Waals surface area contributed by atoms with Gasteiger partial charge >= 0.3 is 0 Å². The number of anilines is 2. The van der Waals surface area contributed by atoms with Crippen molar-refractivity contribution in [2.75, 3.05) is 23.3 Å². The average Bonchev–Trinajstić information content (AvgIpc) is 2.98. The molecule has 3 heterocycles. The molecular formula is C15H18FN5O. The van der Waals surface area contributed by atoms with Crippen molar-refractivity contribution in [3.05, 3.63) is 46.9 Å². The van der Waals surface area contributed by atoms with Crippen molar-refractivity contribution in [2.24, 2.45) is 0 Å². The Morgan fingerprint density at radius 3 is 3.05 bits per heavy atom. The fraction of sp³-hybridized carbons (Fsp3) is 0.400. The van der Waals surface area contributed by atoms with Gasteiger partial charge in [0.05, 0.1) is 0 Å². The molecule has 0 aliphatic carbocycles. The molecule has 2 aromatic rings. The molecule has 0 spiro atoms. The number of nitrogens with one attached hydrogen (secondary N) is 1. The minimum atomic E-state index is -0.325. The van der Waals surface area contributed by atoms with Gasteiger partial charge in [-0.1, -0.05) is 0 Å². The minimum Gasteiger partial charge on any atom is -0.361 e. The van der Waals surface area contributed by atoms with Gasteiger partial charge in [-0.3, -0.25) is 4.79 Å². The lowest BCUT2D eigenvalue weighted by Gasteiger charge is -2.18. The van der Waals surface area contributed by atoms with Crippen LogP contribution in [-0.4, -0.2) is 33.7 Å². The predicted octanol–water partition coefficient (Wildman–Crippen LogP) is 1.49. The van der Waals surface area contributed by atoms with Gasteiger partial charge in [-0.25, -0.2) is 14.4 Å². The van der Waals surface area contributed by atoms with Gasteiger partial charge in [0.2, 0.25) is 0 Å². The van der Waals surface area contributed by atoms with Crippen molar-refractivity contribution < 1.29 is 4.39 Å². The molecule has 22 heavy (non-hydrogen) atoms. The molecule has 0 amide bonds. The van der Waals surface area contributed by atoms with Crippen molar-refractivity contribution >= 4 is 11.6 Å². The molecule has 6 nitrogen and oxygen atoms in total. The quantitative estimate of drug-likeness (QED) is 0.927. The highest BCUT2D eigenvalue weighted by Gasteiger charge is 2.26. The SMILES string of the molecule is CCn1ccnc(NC2CCN(c3ncccc3F)C2)c1=O. The average molecular weight is 303 g/mol. The second-order valence-corrected chi connectivity index (χ2v) is 5.25. The van der Waals surface area contributed by atoms with Crippen LogP contribution in [0.1, 0.15) is 13.3 Å². The molecule has 1 N–H and O–H groups in total. The number of nitrogens with zero attached hydrogens (tertiary/aromatic N) is 4. The summed E-state index contributed by atoms with van der Waals surface area (Å²) in [4.78, 5) is 22.2. The van der Waals surface area contributed by atoms with Crippen LogP contribution in [0, 0.1) is 5.82 Å². The lowest BCUT2D eigenvalue weighted by Crippen LogP contribution is -2.31. The highest BCUT2D eigenvalue weighted by atomic mass is 19.1. The van der Waals surface area contributed by atoms with Crippen LogP contribution in [-0.2, 0) is 6.54 Å². The maximum Gasteiger partial charge on any atom is 0.293 e. The Morgan fingerprint density at radius 2 is 2.27 bits per heavy atom. The first kappa shape index (κ1) is 14.5. The third-order valence-corrected chi connectivity index (χ3v) is 3.82. The first-order chi connectivity index (χ1) is 10.7. The minimum absolute atomic E-state index is 0.0503. The van der Waals surface area contributed by atoms with Crippen LogP contribution in [0.2, 0.25) is 0 Å². The van der Waals surface area contributed by atoms with Gasteiger partial charge in [0.1, 0.15) is 0 Å². The van der Waals surface area contributed by atoms with Crippen LogP contribution in [0.3, 0.4) is 0 Å². The molecular weight excluding hydrogens is 285 g/mol. The van der Waals surface area contributed by atoms with Crippen LogP contribution >= 0.6 is 0 Å². The summed E-state index contributed by atoms with van der Waals surface area (Å²) < 4.78 is 15.4. The number of aryl methyl sites for hydroxylation is 1. The summed E-state index contributed by atoms with van der Waals surface area (Å²) in [5.74, 6) is 0.380. The van der Waals surface area contributed by atoms with Gasteiger partial charge in [-0.2, -0.15) is 0 Å².